The number of pyridine rings is 1. The van der Waals surface area contributed by atoms with Gasteiger partial charge in [0.2, 0.25) is 23.6 Å². The van der Waals surface area contributed by atoms with E-state index in [0.29, 0.717) is 125 Å². The molecule has 4 heterocycles. The van der Waals surface area contributed by atoms with Crippen LogP contribution in [0.1, 0.15) is 67.8 Å². The lowest BCUT2D eigenvalue weighted by Gasteiger charge is -2.33. The molecule has 3 fully saturated rings. The van der Waals surface area contributed by atoms with Crippen molar-refractivity contribution in [2.75, 3.05) is 148 Å². The molecule has 92 heavy (non-hydrogen) atoms. The predicted molar refractivity (Wildman–Crippen MR) is 352 cm³/mol. The van der Waals surface area contributed by atoms with E-state index in [9.17, 15) is 63.0 Å². The number of halogens is 2. The normalized spacial score (nSPS) is 18.9. The summed E-state index contributed by atoms with van der Waals surface area (Å²) in [5.74, 6) is -1.50. The first kappa shape index (κ1) is 74.6. The Bertz CT molecular complexity index is 2950. The Hall–Kier alpha value is -6.47. The fourth-order valence-corrected chi connectivity index (χ4v) is 13.0. The quantitative estimate of drug-likeness (QED) is 0.0278. The van der Waals surface area contributed by atoms with E-state index in [0.717, 1.165) is 46.1 Å². The van der Waals surface area contributed by atoms with Crippen LogP contribution in [0, 0.1) is 20.8 Å². The zero-order valence-electron chi connectivity index (χ0n) is 52.0. The molecule has 30 heteroatoms. The monoisotopic (exact) mass is 1430 g/mol. The zero-order valence-corrected chi connectivity index (χ0v) is 55.8. The van der Waals surface area contributed by atoms with Crippen LogP contribution < -0.4 is 26.0 Å². The number of piperidine rings is 1. The number of aromatic nitrogens is 1. The highest BCUT2D eigenvalue weighted by molar-refractivity contribution is 14.1. The molecule has 3 saturated heterocycles. The van der Waals surface area contributed by atoms with Gasteiger partial charge in [0.05, 0.1) is 49.9 Å². The molecule has 26 nitrogen and oxygen atoms in total. The number of carboxylic acid groups (broad SMARTS) is 1. The van der Waals surface area contributed by atoms with Crippen LogP contribution in [0.2, 0.25) is 0 Å². The van der Waals surface area contributed by atoms with Gasteiger partial charge in [-0.2, -0.15) is 28.8 Å². The van der Waals surface area contributed by atoms with Crippen molar-refractivity contribution < 1.29 is 72.0 Å². The number of nitriles is 1. The number of likely N-dealkylation sites (tertiary alicyclic amines) is 2. The first-order chi connectivity index (χ1) is 44.3. The van der Waals surface area contributed by atoms with E-state index in [-0.39, 0.29) is 88.0 Å². The lowest BCUT2D eigenvalue weighted by atomic mass is 9.92. The Balaban J connectivity index is 0.932. The Morgan fingerprint density at radius 3 is 2.09 bits per heavy atom. The van der Waals surface area contributed by atoms with Crippen LogP contribution in [0.5, 0.6) is 5.75 Å². The molecule has 6 rings (SSSR count). The zero-order chi connectivity index (χ0) is 66.3. The first-order valence-electron chi connectivity index (χ1n) is 30.9. The number of aliphatic hydroxyl groups excluding tert-OH is 1. The largest absolute Gasteiger partial charge is 0.494 e. The molecule has 3 aromatic rings. The minimum absolute atomic E-state index is 0.0134. The van der Waals surface area contributed by atoms with Gasteiger partial charge in [0.25, 0.3) is 24.8 Å². The highest BCUT2D eigenvalue weighted by Gasteiger charge is 2.43. The average Bonchev–Trinajstić information content (AvgIpc) is 1.32. The van der Waals surface area contributed by atoms with E-state index in [1.165, 1.54) is 42.7 Å². The molecule has 0 saturated carbocycles. The van der Waals surface area contributed by atoms with Crippen LogP contribution >= 0.6 is 46.1 Å². The van der Waals surface area contributed by atoms with Crippen LogP contribution in [0.25, 0.3) is 10.9 Å². The van der Waals surface area contributed by atoms with E-state index >= 15 is 0 Å². The molecule has 1 aromatic heterocycles. The maximum absolute atomic E-state index is 14.6. The standard InChI is InChI=1S/C62H86FIN12O14S2/c1-62(63)33-48(34-65)76(40-62)57(82)35-69-59(85)50-13-16-66-52-12-11-49(32-51(50)52)90-29-3-5-46-14-19-75(20-15-46)61(87)54(79)39-92-31-18-68-60(86)53(38-91-30-17-67-55(80)6-2-4-45-7-9-47(64)10-8-45)70-56(81)36-71-21-22-72(37-58(83)84)24-26-74(42-89-44-78)28-27-73(25-23-71)41-88-43-77/h7-13,16,32,43-44,46,48,53-54,79H,2-6,14-15,17-31,33,35-42H2,1H3,(H,67,80)(H,68,86)(H,69,85)(H,70,81)(H,83,84)/t48-,53?,54-,62?/m1/s1. The molecule has 504 valence electrons. The van der Waals surface area contributed by atoms with E-state index < -0.39 is 60.0 Å². The van der Waals surface area contributed by atoms with Crippen molar-refractivity contribution in [3.8, 4) is 11.8 Å². The number of benzene rings is 2. The summed E-state index contributed by atoms with van der Waals surface area (Å²) in [5.41, 5.74) is 0.291. The summed E-state index contributed by atoms with van der Waals surface area (Å²) in [6.07, 6.45) is 5.04. The number of hydrogen-bond acceptors (Lipinski definition) is 21. The lowest BCUT2D eigenvalue weighted by molar-refractivity contribution is -0.140. The van der Waals surface area contributed by atoms with Gasteiger partial charge in [-0.3, -0.25) is 67.7 Å². The summed E-state index contributed by atoms with van der Waals surface area (Å²) < 4.78 is 31.9. The topological polar surface area (TPSA) is 326 Å². The number of ether oxygens (including phenoxy) is 3. The number of thioether (sulfide) groups is 2. The number of carboxylic acids is 1. The van der Waals surface area contributed by atoms with Gasteiger partial charge in [0, 0.05) is 130 Å². The van der Waals surface area contributed by atoms with E-state index in [4.69, 9.17) is 14.2 Å². The molecular formula is C62H86FIN12O14S2. The Morgan fingerprint density at radius 2 is 1.45 bits per heavy atom. The summed E-state index contributed by atoms with van der Waals surface area (Å²) in [4.78, 5) is 128. The number of fused-ring (bicyclic) bond motifs is 1. The summed E-state index contributed by atoms with van der Waals surface area (Å²) in [6.45, 7) is 5.52. The average molecular weight is 1430 g/mol. The second kappa shape index (κ2) is 39.9. The molecular weight excluding hydrogens is 1350 g/mol. The number of aliphatic carboxylic acids is 1. The fourth-order valence-electron chi connectivity index (χ4n) is 10.9. The number of aliphatic hydroxyl groups is 1. The number of rotatable bonds is 35. The Morgan fingerprint density at radius 1 is 0.815 bits per heavy atom. The number of aryl methyl sites for hydroxylation is 1. The van der Waals surface area contributed by atoms with E-state index in [1.54, 1.807) is 28.0 Å². The van der Waals surface area contributed by atoms with Crippen LogP contribution in [0.3, 0.4) is 0 Å². The molecule has 2 unspecified atom stereocenters. The molecule has 0 aliphatic carbocycles. The van der Waals surface area contributed by atoms with Gasteiger partial charge in [-0.25, -0.2) is 4.39 Å². The molecule has 6 N–H and O–H groups in total. The van der Waals surface area contributed by atoms with E-state index in [1.807, 2.05) is 45.0 Å². The third-order valence-electron chi connectivity index (χ3n) is 16.0. The predicted octanol–water partition coefficient (Wildman–Crippen LogP) is 1.95. The molecule has 0 bridgehead atoms. The second-order valence-electron chi connectivity index (χ2n) is 23.1. The van der Waals surface area contributed by atoms with Gasteiger partial charge in [-0.15, -0.1) is 0 Å². The van der Waals surface area contributed by atoms with Gasteiger partial charge >= 0.3 is 5.97 Å². The first-order valence-corrected chi connectivity index (χ1v) is 34.3. The van der Waals surface area contributed by atoms with Crippen molar-refractivity contribution in [3.05, 3.63) is 69.4 Å². The Kier molecular flexibility index (Phi) is 32.4. The van der Waals surface area contributed by atoms with Crippen LogP contribution in [-0.2, 0) is 54.3 Å². The van der Waals surface area contributed by atoms with Crippen molar-refractivity contribution in [1.82, 2.24) is 55.7 Å². The molecule has 6 amide bonds. The van der Waals surface area contributed by atoms with Crippen LogP contribution in [-0.4, -0.2) is 271 Å². The summed E-state index contributed by atoms with van der Waals surface area (Å²) in [6, 6.07) is 15.0. The van der Waals surface area contributed by atoms with Gasteiger partial charge in [-0.05, 0) is 116 Å². The highest BCUT2D eigenvalue weighted by atomic mass is 127. The third kappa shape index (κ3) is 26.5. The molecule has 0 radical (unpaired) electrons. The number of nitrogens with zero attached hydrogens (tertiary/aromatic N) is 8. The third-order valence-corrected chi connectivity index (χ3v) is 18.8. The van der Waals surface area contributed by atoms with Crippen LogP contribution in [0.15, 0.2) is 54.7 Å². The van der Waals surface area contributed by atoms with Crippen molar-refractivity contribution in [2.24, 2.45) is 5.92 Å². The number of hydrogen-bond donors (Lipinski definition) is 6. The maximum Gasteiger partial charge on any atom is 0.317 e. The second-order valence-corrected chi connectivity index (χ2v) is 26.7. The Labute approximate surface area is 558 Å². The minimum atomic E-state index is -1.68. The molecule has 3 aliphatic heterocycles. The SMILES string of the molecule is CC1(F)C[C@H](C#N)N(C(=O)CNC(=O)c2ccnc3ccc(OCCCC4CCN(C(=O)[C@H](O)CSCCNC(=O)C(CSCCNC(=O)CCCc5ccc(I)cc5)NC(=O)CN5CCN(COC=O)CCN(COC=O)CCN(CC(=O)O)CC5)CC4)cc23)C1. The van der Waals surface area contributed by atoms with Crippen molar-refractivity contribution in [2.45, 2.75) is 82.1 Å². The number of carbonyl (C=O) groups is 9. The van der Waals surface area contributed by atoms with Crippen LogP contribution in [0.4, 0.5) is 4.39 Å². The van der Waals surface area contributed by atoms with Crippen molar-refractivity contribution in [1.29, 1.82) is 5.26 Å². The smallest absolute Gasteiger partial charge is 0.317 e. The number of nitrogens with one attached hydrogen (secondary N) is 4. The van der Waals surface area contributed by atoms with Gasteiger partial charge in [0.15, 0.2) is 0 Å². The summed E-state index contributed by atoms with van der Waals surface area (Å²) in [7, 11) is 0. The maximum atomic E-state index is 14.6. The van der Waals surface area contributed by atoms with Gasteiger partial charge < -0.3 is 55.5 Å². The molecule has 4 atom stereocenters. The number of alkyl halides is 1. The molecule has 3 aliphatic rings. The van der Waals surface area contributed by atoms with E-state index in [2.05, 4.69) is 48.8 Å². The van der Waals surface area contributed by atoms with Crippen molar-refractivity contribution >= 4 is 111 Å². The lowest BCUT2D eigenvalue weighted by Crippen LogP contribution is -2.53. The van der Waals surface area contributed by atoms with Crippen molar-refractivity contribution in [3.63, 3.8) is 0 Å². The number of amides is 6. The molecule has 0 spiro atoms. The minimum Gasteiger partial charge on any atom is -0.494 e. The molecule has 2 aromatic carbocycles. The summed E-state index contributed by atoms with van der Waals surface area (Å²) in [5, 5.41) is 41.9. The fraction of sp³-hybridized carbons (Fsp3) is 0.597. The highest BCUT2D eigenvalue weighted by Crippen LogP contribution is 2.30. The van der Waals surface area contributed by atoms with Gasteiger partial charge in [0.1, 0.15) is 43.1 Å². The van der Waals surface area contributed by atoms with Gasteiger partial charge in [-0.1, -0.05) is 12.1 Å². The number of carbonyl (C=O) groups excluding carboxylic acids is 8. The summed E-state index contributed by atoms with van der Waals surface area (Å²) >= 11 is 4.94.